The lowest BCUT2D eigenvalue weighted by Gasteiger charge is -2.04. The maximum absolute atomic E-state index is 4.31. The van der Waals surface area contributed by atoms with E-state index < -0.39 is 0 Å². The van der Waals surface area contributed by atoms with Gasteiger partial charge in [0.15, 0.2) is 5.13 Å². The molecule has 3 nitrogen and oxygen atoms in total. The largest absolute Gasteiger partial charge is 0.359 e. The molecule has 1 N–H and O–H groups in total. The number of pyridine rings is 1. The van der Waals surface area contributed by atoms with Crippen LogP contribution in [0.3, 0.4) is 0 Å². The zero-order valence-corrected chi connectivity index (χ0v) is 9.58. The Morgan fingerprint density at radius 2 is 2.20 bits per heavy atom. The third-order valence-corrected chi connectivity index (χ3v) is 2.84. The van der Waals surface area contributed by atoms with Crippen LogP contribution in [0.1, 0.15) is 13.8 Å². The molecule has 0 amide bonds. The number of anilines is 1. The Kier molecular flexibility index (Phi) is 2.97. The fourth-order valence-corrected chi connectivity index (χ4v) is 2.18. The molecule has 0 saturated carbocycles. The summed E-state index contributed by atoms with van der Waals surface area (Å²) >= 11 is 1.65. The highest BCUT2D eigenvalue weighted by Crippen LogP contribution is 2.28. The maximum Gasteiger partial charge on any atom is 0.183 e. The van der Waals surface area contributed by atoms with Gasteiger partial charge in [0.25, 0.3) is 0 Å². The zero-order valence-electron chi connectivity index (χ0n) is 8.77. The number of nitrogens with zero attached hydrogens (tertiary/aromatic N) is 2. The first kappa shape index (κ1) is 10.1. The van der Waals surface area contributed by atoms with Crippen molar-refractivity contribution < 1.29 is 0 Å². The molecular formula is C11H13N3S. The van der Waals surface area contributed by atoms with E-state index >= 15 is 0 Å². The monoisotopic (exact) mass is 219 g/mol. The summed E-state index contributed by atoms with van der Waals surface area (Å²) in [6, 6.07) is 4.39. The lowest BCUT2D eigenvalue weighted by Crippen LogP contribution is -2.08. The van der Waals surface area contributed by atoms with Crippen molar-refractivity contribution in [3.8, 4) is 10.4 Å². The van der Waals surface area contributed by atoms with Gasteiger partial charge < -0.3 is 5.32 Å². The van der Waals surface area contributed by atoms with Gasteiger partial charge in [-0.3, -0.25) is 4.98 Å². The van der Waals surface area contributed by atoms with Gasteiger partial charge in [0.2, 0.25) is 0 Å². The van der Waals surface area contributed by atoms with Crippen LogP contribution in [0.15, 0.2) is 30.7 Å². The first-order valence-corrected chi connectivity index (χ1v) is 5.70. The third kappa shape index (κ3) is 2.53. The van der Waals surface area contributed by atoms with Crippen molar-refractivity contribution in [2.45, 2.75) is 19.9 Å². The molecule has 0 atom stereocenters. The molecule has 2 heterocycles. The minimum atomic E-state index is 0.415. The van der Waals surface area contributed by atoms with Gasteiger partial charge in [-0.05, 0) is 19.9 Å². The Labute approximate surface area is 93.2 Å². The minimum absolute atomic E-state index is 0.415. The van der Waals surface area contributed by atoms with Gasteiger partial charge in [-0.2, -0.15) is 0 Å². The van der Waals surface area contributed by atoms with Crippen molar-refractivity contribution in [3.63, 3.8) is 0 Å². The summed E-state index contributed by atoms with van der Waals surface area (Å²) in [5.74, 6) is 0. The Bertz CT molecular complexity index is 422. The van der Waals surface area contributed by atoms with E-state index in [2.05, 4.69) is 29.1 Å². The van der Waals surface area contributed by atoms with Gasteiger partial charge in [0.1, 0.15) is 0 Å². The molecule has 0 aliphatic carbocycles. The summed E-state index contributed by atoms with van der Waals surface area (Å²) in [6.45, 7) is 4.20. The van der Waals surface area contributed by atoms with Crippen molar-refractivity contribution in [2.24, 2.45) is 0 Å². The number of hydrogen-bond acceptors (Lipinski definition) is 4. The molecule has 2 aromatic rings. The molecule has 2 aromatic heterocycles. The number of nitrogens with one attached hydrogen (secondary N) is 1. The average Bonchev–Trinajstić information content (AvgIpc) is 2.67. The molecule has 2 rings (SSSR count). The van der Waals surface area contributed by atoms with Gasteiger partial charge in [-0.25, -0.2) is 4.98 Å². The van der Waals surface area contributed by atoms with Crippen LogP contribution < -0.4 is 5.32 Å². The zero-order chi connectivity index (χ0) is 10.7. The van der Waals surface area contributed by atoms with Crippen molar-refractivity contribution in [1.29, 1.82) is 0 Å². The first-order valence-electron chi connectivity index (χ1n) is 4.88. The van der Waals surface area contributed by atoms with Crippen LogP contribution in [0.5, 0.6) is 0 Å². The smallest absolute Gasteiger partial charge is 0.183 e. The van der Waals surface area contributed by atoms with E-state index in [9.17, 15) is 0 Å². The number of rotatable bonds is 3. The van der Waals surface area contributed by atoms with E-state index in [0.29, 0.717) is 6.04 Å². The average molecular weight is 219 g/mol. The summed E-state index contributed by atoms with van der Waals surface area (Å²) in [7, 11) is 0. The van der Waals surface area contributed by atoms with E-state index in [-0.39, 0.29) is 0 Å². The lowest BCUT2D eigenvalue weighted by molar-refractivity contribution is 0.896. The molecular weight excluding hydrogens is 206 g/mol. The number of hydrogen-bond donors (Lipinski definition) is 1. The van der Waals surface area contributed by atoms with Crippen LogP contribution in [0.4, 0.5) is 5.13 Å². The minimum Gasteiger partial charge on any atom is -0.359 e. The van der Waals surface area contributed by atoms with Gasteiger partial charge in [0.05, 0.1) is 4.88 Å². The second-order valence-electron chi connectivity index (χ2n) is 3.57. The Morgan fingerprint density at radius 3 is 2.87 bits per heavy atom. The first-order chi connectivity index (χ1) is 7.25. The molecule has 0 aliphatic heterocycles. The highest BCUT2D eigenvalue weighted by molar-refractivity contribution is 7.18. The maximum atomic E-state index is 4.31. The van der Waals surface area contributed by atoms with Crippen LogP contribution in [-0.4, -0.2) is 16.0 Å². The number of thiazole rings is 1. The molecule has 0 fully saturated rings. The van der Waals surface area contributed by atoms with Crippen molar-refractivity contribution in [2.75, 3.05) is 5.32 Å². The molecule has 15 heavy (non-hydrogen) atoms. The number of aromatic nitrogens is 2. The van der Waals surface area contributed by atoms with Crippen LogP contribution in [-0.2, 0) is 0 Å². The topological polar surface area (TPSA) is 37.8 Å². The molecule has 0 bridgehead atoms. The molecule has 0 spiro atoms. The van der Waals surface area contributed by atoms with Crippen LogP contribution in [0.2, 0.25) is 0 Å². The van der Waals surface area contributed by atoms with Gasteiger partial charge in [-0.1, -0.05) is 17.4 Å². The molecule has 0 saturated heterocycles. The van der Waals surface area contributed by atoms with E-state index in [4.69, 9.17) is 0 Å². The lowest BCUT2D eigenvalue weighted by atomic mass is 10.3. The third-order valence-electron chi connectivity index (χ3n) is 1.86. The summed E-state index contributed by atoms with van der Waals surface area (Å²) in [5.41, 5.74) is 1.12. The quantitative estimate of drug-likeness (QED) is 0.862. The van der Waals surface area contributed by atoms with E-state index in [0.717, 1.165) is 15.6 Å². The fraction of sp³-hybridized carbons (Fsp3) is 0.273. The van der Waals surface area contributed by atoms with E-state index in [1.165, 1.54) is 0 Å². The Hall–Kier alpha value is -1.42. The van der Waals surface area contributed by atoms with Crippen molar-refractivity contribution in [1.82, 2.24) is 9.97 Å². The Morgan fingerprint density at radius 1 is 1.33 bits per heavy atom. The highest BCUT2D eigenvalue weighted by atomic mass is 32.1. The molecule has 0 aliphatic rings. The van der Waals surface area contributed by atoms with Crippen molar-refractivity contribution >= 4 is 16.5 Å². The molecule has 0 aromatic carbocycles. The normalized spacial score (nSPS) is 10.6. The van der Waals surface area contributed by atoms with Crippen LogP contribution in [0, 0.1) is 0 Å². The van der Waals surface area contributed by atoms with E-state index in [1.807, 2.05) is 24.5 Å². The van der Waals surface area contributed by atoms with Gasteiger partial charge in [0, 0.05) is 30.2 Å². The highest BCUT2D eigenvalue weighted by Gasteiger charge is 2.04. The van der Waals surface area contributed by atoms with Gasteiger partial charge >= 0.3 is 0 Å². The Balaban J connectivity index is 2.21. The summed E-state index contributed by atoms with van der Waals surface area (Å²) < 4.78 is 0. The summed E-state index contributed by atoms with van der Waals surface area (Å²) in [6.07, 6.45) is 5.51. The van der Waals surface area contributed by atoms with Gasteiger partial charge in [-0.15, -0.1) is 0 Å². The predicted octanol–water partition coefficient (Wildman–Crippen LogP) is 3.03. The van der Waals surface area contributed by atoms with Crippen molar-refractivity contribution in [3.05, 3.63) is 30.7 Å². The second kappa shape index (κ2) is 4.40. The van der Waals surface area contributed by atoms with Crippen LogP contribution >= 0.6 is 11.3 Å². The molecule has 0 unspecified atom stereocenters. The molecule has 78 valence electrons. The fourth-order valence-electron chi connectivity index (χ4n) is 1.23. The summed E-state index contributed by atoms with van der Waals surface area (Å²) in [4.78, 5) is 9.55. The molecule has 4 heteroatoms. The standard InChI is InChI=1S/C11H13N3S/c1-8(2)14-11-13-7-10(15-11)9-4-3-5-12-6-9/h3-8H,1-2H3,(H,13,14). The predicted molar refractivity (Wildman–Crippen MR) is 64.1 cm³/mol. The summed E-state index contributed by atoms with van der Waals surface area (Å²) in [5, 5.41) is 4.24. The van der Waals surface area contributed by atoms with E-state index in [1.54, 1.807) is 17.5 Å². The second-order valence-corrected chi connectivity index (χ2v) is 4.60. The SMILES string of the molecule is CC(C)Nc1ncc(-c2cccnc2)s1. The molecule has 0 radical (unpaired) electrons. The van der Waals surface area contributed by atoms with Crippen LogP contribution in [0.25, 0.3) is 10.4 Å².